The summed E-state index contributed by atoms with van der Waals surface area (Å²) in [6.07, 6.45) is 1.75. The number of amides is 1. The fourth-order valence-corrected chi connectivity index (χ4v) is 3.17. The van der Waals surface area contributed by atoms with Gasteiger partial charge in [-0.3, -0.25) is 4.79 Å². The van der Waals surface area contributed by atoms with Crippen LogP contribution in [0.4, 0.5) is 0 Å². The van der Waals surface area contributed by atoms with Crippen LogP contribution in [0.5, 0.6) is 0 Å². The van der Waals surface area contributed by atoms with Gasteiger partial charge in [0.05, 0.1) is 6.04 Å². The first kappa shape index (κ1) is 15.0. The van der Waals surface area contributed by atoms with Crippen LogP contribution in [0.2, 0.25) is 0 Å². The smallest absolute Gasteiger partial charge is 0.223 e. The number of likely N-dealkylation sites (tertiary alicyclic amines) is 1. The zero-order valence-electron chi connectivity index (χ0n) is 12.7. The Kier molecular flexibility index (Phi) is 5.18. The van der Waals surface area contributed by atoms with E-state index in [1.807, 2.05) is 23.1 Å². The normalized spacial score (nSPS) is 22.1. The molecule has 3 atom stereocenters. The molecule has 0 bridgehead atoms. The molecule has 3 heteroatoms. The molecular weight excluding hydrogens is 250 g/mol. The van der Waals surface area contributed by atoms with Gasteiger partial charge in [-0.15, -0.1) is 0 Å². The first-order valence-corrected chi connectivity index (χ1v) is 7.45. The van der Waals surface area contributed by atoms with Crippen molar-refractivity contribution in [3.8, 4) is 0 Å². The number of methoxy groups -OCH3 is 1. The maximum atomic E-state index is 12.2. The van der Waals surface area contributed by atoms with Crippen molar-refractivity contribution in [2.45, 2.75) is 32.7 Å². The Morgan fingerprint density at radius 3 is 2.65 bits per heavy atom. The number of carbonyl (C=O) groups excluding carboxylic acids is 1. The Balaban J connectivity index is 1.95. The van der Waals surface area contributed by atoms with Gasteiger partial charge >= 0.3 is 0 Å². The van der Waals surface area contributed by atoms with Crippen molar-refractivity contribution in [3.63, 3.8) is 0 Å². The quantitative estimate of drug-likeness (QED) is 0.797. The van der Waals surface area contributed by atoms with Gasteiger partial charge in [-0.25, -0.2) is 0 Å². The maximum Gasteiger partial charge on any atom is 0.223 e. The third-order valence-electron chi connectivity index (χ3n) is 4.17. The highest BCUT2D eigenvalue weighted by molar-refractivity contribution is 5.79. The van der Waals surface area contributed by atoms with Crippen LogP contribution in [0.15, 0.2) is 30.3 Å². The van der Waals surface area contributed by atoms with Crippen LogP contribution in [0.3, 0.4) is 0 Å². The zero-order chi connectivity index (χ0) is 14.5. The van der Waals surface area contributed by atoms with Crippen molar-refractivity contribution in [2.75, 3.05) is 20.3 Å². The van der Waals surface area contributed by atoms with Crippen LogP contribution in [-0.2, 0) is 9.53 Å². The molecule has 2 unspecified atom stereocenters. The van der Waals surface area contributed by atoms with Crippen LogP contribution in [0, 0.1) is 11.8 Å². The van der Waals surface area contributed by atoms with Crippen molar-refractivity contribution < 1.29 is 9.53 Å². The van der Waals surface area contributed by atoms with Gasteiger partial charge in [0.15, 0.2) is 0 Å². The lowest BCUT2D eigenvalue weighted by Crippen LogP contribution is -2.28. The van der Waals surface area contributed by atoms with E-state index in [0.717, 1.165) is 19.6 Å². The van der Waals surface area contributed by atoms with Gasteiger partial charge in [0.25, 0.3) is 0 Å². The molecule has 1 aliphatic rings. The second kappa shape index (κ2) is 6.89. The summed E-state index contributed by atoms with van der Waals surface area (Å²) < 4.78 is 5.19. The highest BCUT2D eigenvalue weighted by atomic mass is 16.5. The van der Waals surface area contributed by atoms with Crippen molar-refractivity contribution >= 4 is 5.91 Å². The van der Waals surface area contributed by atoms with Gasteiger partial charge in [0.1, 0.15) is 0 Å². The number of benzene rings is 1. The molecule has 2 rings (SSSR count). The molecule has 0 N–H and O–H groups in total. The van der Waals surface area contributed by atoms with Crippen LogP contribution >= 0.6 is 0 Å². The van der Waals surface area contributed by atoms with E-state index in [2.05, 4.69) is 26.0 Å². The molecule has 110 valence electrons. The number of carbonyl (C=O) groups is 1. The Labute approximate surface area is 121 Å². The van der Waals surface area contributed by atoms with Gasteiger partial charge in [-0.05, 0) is 30.7 Å². The summed E-state index contributed by atoms with van der Waals surface area (Å²) in [5.74, 6) is 1.28. The molecule has 20 heavy (non-hydrogen) atoms. The topological polar surface area (TPSA) is 29.5 Å². The minimum absolute atomic E-state index is 0.173. The van der Waals surface area contributed by atoms with Crippen molar-refractivity contribution in [1.82, 2.24) is 4.90 Å². The van der Waals surface area contributed by atoms with E-state index in [1.165, 1.54) is 5.56 Å². The van der Waals surface area contributed by atoms with E-state index in [0.29, 0.717) is 18.3 Å². The Hall–Kier alpha value is -1.35. The fourth-order valence-electron chi connectivity index (χ4n) is 3.17. The average Bonchev–Trinajstić information content (AvgIpc) is 2.80. The fraction of sp³-hybridized carbons (Fsp3) is 0.588. The third-order valence-corrected chi connectivity index (χ3v) is 4.17. The van der Waals surface area contributed by atoms with Crippen molar-refractivity contribution in [3.05, 3.63) is 35.9 Å². The molecule has 1 aromatic rings. The van der Waals surface area contributed by atoms with E-state index < -0.39 is 0 Å². The summed E-state index contributed by atoms with van der Waals surface area (Å²) in [6.45, 7) is 5.97. The molecule has 1 fully saturated rings. The standard InChI is InChI=1S/C17H25NO2/c1-13(12-20-3)9-15-10-17(19)18(11-15)14(2)16-7-5-4-6-8-16/h4-8,13-15H,9-12H2,1-3H3/t13?,14-,15?/m0/s1. The molecule has 0 spiro atoms. The molecule has 0 saturated carbocycles. The summed E-state index contributed by atoms with van der Waals surface area (Å²) in [4.78, 5) is 14.3. The van der Waals surface area contributed by atoms with Crippen molar-refractivity contribution in [2.24, 2.45) is 11.8 Å². The maximum absolute atomic E-state index is 12.2. The highest BCUT2D eigenvalue weighted by Gasteiger charge is 2.33. The number of rotatable bonds is 6. The van der Waals surface area contributed by atoms with Crippen LogP contribution < -0.4 is 0 Å². The average molecular weight is 275 g/mol. The summed E-state index contributed by atoms with van der Waals surface area (Å²) in [5, 5.41) is 0. The van der Waals surface area contributed by atoms with E-state index in [1.54, 1.807) is 7.11 Å². The predicted octanol–water partition coefficient (Wildman–Crippen LogP) is 3.27. The largest absolute Gasteiger partial charge is 0.384 e. The lowest BCUT2D eigenvalue weighted by molar-refractivity contribution is -0.129. The van der Waals surface area contributed by atoms with Gasteiger partial charge in [-0.2, -0.15) is 0 Å². The molecule has 3 nitrogen and oxygen atoms in total. The lowest BCUT2D eigenvalue weighted by Gasteiger charge is -2.25. The number of hydrogen-bond donors (Lipinski definition) is 0. The lowest BCUT2D eigenvalue weighted by atomic mass is 9.95. The monoisotopic (exact) mass is 275 g/mol. The summed E-state index contributed by atoms with van der Waals surface area (Å²) in [5.41, 5.74) is 1.21. The van der Waals surface area contributed by atoms with Crippen molar-refractivity contribution in [1.29, 1.82) is 0 Å². The molecular formula is C17H25NO2. The molecule has 0 radical (unpaired) electrons. The second-order valence-corrected chi connectivity index (χ2v) is 6.00. The van der Waals surface area contributed by atoms with Gasteiger partial charge in [0, 0.05) is 26.7 Å². The SMILES string of the molecule is COCC(C)CC1CC(=O)N([C@@H](C)c2ccccc2)C1. The molecule has 1 saturated heterocycles. The molecule has 1 heterocycles. The second-order valence-electron chi connectivity index (χ2n) is 6.00. The minimum Gasteiger partial charge on any atom is -0.384 e. The Morgan fingerprint density at radius 1 is 1.30 bits per heavy atom. The van der Waals surface area contributed by atoms with Crippen LogP contribution in [-0.4, -0.2) is 31.1 Å². The van der Waals surface area contributed by atoms with E-state index in [-0.39, 0.29) is 11.9 Å². The van der Waals surface area contributed by atoms with Gasteiger partial charge < -0.3 is 9.64 Å². The Morgan fingerprint density at radius 2 is 2.00 bits per heavy atom. The number of nitrogens with zero attached hydrogens (tertiary/aromatic N) is 1. The van der Waals surface area contributed by atoms with Crippen LogP contribution in [0.25, 0.3) is 0 Å². The van der Waals surface area contributed by atoms with Gasteiger partial charge in [-0.1, -0.05) is 37.3 Å². The molecule has 1 aromatic carbocycles. The highest BCUT2D eigenvalue weighted by Crippen LogP contribution is 2.31. The molecule has 0 aromatic heterocycles. The summed E-state index contributed by atoms with van der Waals surface area (Å²) in [7, 11) is 1.74. The minimum atomic E-state index is 0.173. The first-order valence-electron chi connectivity index (χ1n) is 7.45. The molecule has 1 amide bonds. The molecule has 1 aliphatic heterocycles. The van der Waals surface area contributed by atoms with E-state index in [9.17, 15) is 4.79 Å². The van der Waals surface area contributed by atoms with E-state index >= 15 is 0 Å². The number of hydrogen-bond acceptors (Lipinski definition) is 2. The van der Waals surface area contributed by atoms with E-state index in [4.69, 9.17) is 4.74 Å². The van der Waals surface area contributed by atoms with Crippen LogP contribution in [0.1, 0.15) is 38.3 Å². The molecule has 0 aliphatic carbocycles. The summed E-state index contributed by atoms with van der Waals surface area (Å²) >= 11 is 0. The zero-order valence-corrected chi connectivity index (χ0v) is 12.7. The Bertz CT molecular complexity index is 432. The van der Waals surface area contributed by atoms with Gasteiger partial charge in [0.2, 0.25) is 5.91 Å². The number of ether oxygens (including phenoxy) is 1. The predicted molar refractivity (Wildman–Crippen MR) is 80.3 cm³/mol. The third kappa shape index (κ3) is 3.60. The first-order chi connectivity index (χ1) is 9.61. The summed E-state index contributed by atoms with van der Waals surface area (Å²) in [6, 6.07) is 10.4.